The quantitative estimate of drug-likeness (QED) is 0.735. The lowest BCUT2D eigenvalue weighted by Crippen LogP contribution is -2.24. The topological polar surface area (TPSA) is 118 Å². The molecular formula is C14H7FN4O3. The molecule has 0 atom stereocenters. The first-order valence-electron chi connectivity index (χ1n) is 6.05. The Balaban J connectivity index is 2.33. The van der Waals surface area contributed by atoms with Crippen molar-refractivity contribution in [1.82, 2.24) is 9.88 Å². The van der Waals surface area contributed by atoms with Crippen LogP contribution < -0.4 is 16.6 Å². The molecular weight excluding hydrogens is 291 g/mol. The van der Waals surface area contributed by atoms with Crippen LogP contribution in [0.1, 0.15) is 26.3 Å². The number of amides is 2. The van der Waals surface area contributed by atoms with Gasteiger partial charge in [-0.3, -0.25) is 24.3 Å². The van der Waals surface area contributed by atoms with E-state index in [0.717, 1.165) is 22.8 Å². The molecule has 8 heteroatoms. The Kier molecular flexibility index (Phi) is 2.78. The van der Waals surface area contributed by atoms with Crippen LogP contribution in [0, 0.1) is 17.1 Å². The Labute approximate surface area is 122 Å². The number of hydrogen-bond donors (Lipinski definition) is 2. The third-order valence-corrected chi connectivity index (χ3v) is 3.28. The highest BCUT2D eigenvalue weighted by atomic mass is 19.1. The Morgan fingerprint density at radius 3 is 2.59 bits per heavy atom. The summed E-state index contributed by atoms with van der Waals surface area (Å²) in [5, 5.41) is 10.9. The fraction of sp³-hybridized carbons (Fsp3) is 0. The van der Waals surface area contributed by atoms with Gasteiger partial charge in [0.25, 0.3) is 17.4 Å². The molecule has 1 aliphatic rings. The van der Waals surface area contributed by atoms with Gasteiger partial charge in [-0.05, 0) is 18.2 Å². The minimum atomic E-state index is -0.744. The molecule has 22 heavy (non-hydrogen) atoms. The third-order valence-electron chi connectivity index (χ3n) is 3.28. The number of nitriles is 1. The number of hydrogen-bond acceptors (Lipinski definition) is 5. The molecule has 108 valence electrons. The van der Waals surface area contributed by atoms with E-state index in [1.807, 2.05) is 5.32 Å². The minimum absolute atomic E-state index is 0.105. The maximum Gasteiger partial charge on any atom is 0.262 e. The SMILES string of the molecule is N#Cc1cc(-n2c(N)c3c(cc2=O)C(=O)NC3=O)ccc1F. The molecule has 2 heterocycles. The van der Waals surface area contributed by atoms with E-state index in [2.05, 4.69) is 0 Å². The number of anilines is 1. The highest BCUT2D eigenvalue weighted by Gasteiger charge is 2.31. The van der Waals surface area contributed by atoms with Crippen molar-refractivity contribution in [2.45, 2.75) is 0 Å². The first-order chi connectivity index (χ1) is 10.4. The van der Waals surface area contributed by atoms with Crippen LogP contribution in [0.25, 0.3) is 5.69 Å². The monoisotopic (exact) mass is 298 g/mol. The maximum atomic E-state index is 13.4. The molecule has 1 aromatic carbocycles. The molecule has 7 nitrogen and oxygen atoms in total. The first-order valence-corrected chi connectivity index (χ1v) is 6.05. The largest absolute Gasteiger partial charge is 0.384 e. The molecule has 2 aromatic rings. The van der Waals surface area contributed by atoms with E-state index >= 15 is 0 Å². The lowest BCUT2D eigenvalue weighted by molar-refractivity contribution is 0.0880. The van der Waals surface area contributed by atoms with Crippen LogP contribution in [0.15, 0.2) is 29.1 Å². The van der Waals surface area contributed by atoms with Crippen LogP contribution >= 0.6 is 0 Å². The van der Waals surface area contributed by atoms with Gasteiger partial charge in [0.1, 0.15) is 17.7 Å². The number of nitrogens with zero attached hydrogens (tertiary/aromatic N) is 2. The van der Waals surface area contributed by atoms with Gasteiger partial charge in [0.05, 0.1) is 22.4 Å². The predicted octanol–water partition coefficient (Wildman–Crippen LogP) is 0.314. The molecule has 0 spiro atoms. The van der Waals surface area contributed by atoms with Crippen LogP contribution in [0.4, 0.5) is 10.2 Å². The standard InChI is InChI=1S/C14H7FN4O3/c15-9-2-1-7(3-6(9)5-16)19-10(20)4-8-11(12(19)17)14(22)18-13(8)21/h1-4H,17H2,(H,18,21,22). The zero-order valence-corrected chi connectivity index (χ0v) is 10.9. The van der Waals surface area contributed by atoms with Crippen LogP contribution in [0.5, 0.6) is 0 Å². The number of halogens is 1. The number of benzene rings is 1. The van der Waals surface area contributed by atoms with Gasteiger partial charge < -0.3 is 5.73 Å². The van der Waals surface area contributed by atoms with Crippen molar-refractivity contribution in [3.63, 3.8) is 0 Å². The molecule has 0 bridgehead atoms. The number of fused-ring (bicyclic) bond motifs is 1. The number of nitrogens with two attached hydrogens (primary N) is 1. The predicted molar refractivity (Wildman–Crippen MR) is 72.9 cm³/mol. The van der Waals surface area contributed by atoms with E-state index < -0.39 is 23.2 Å². The van der Waals surface area contributed by atoms with Gasteiger partial charge in [-0.25, -0.2) is 4.39 Å². The summed E-state index contributed by atoms with van der Waals surface area (Å²) in [6.45, 7) is 0. The summed E-state index contributed by atoms with van der Waals surface area (Å²) in [5.74, 6) is -2.41. The molecule has 0 aliphatic carbocycles. The number of nitrogen functional groups attached to an aromatic ring is 1. The van der Waals surface area contributed by atoms with E-state index in [-0.39, 0.29) is 28.2 Å². The van der Waals surface area contributed by atoms with E-state index in [1.54, 1.807) is 6.07 Å². The molecule has 2 amide bonds. The highest BCUT2D eigenvalue weighted by molar-refractivity contribution is 6.23. The average Bonchev–Trinajstić information content (AvgIpc) is 2.75. The lowest BCUT2D eigenvalue weighted by atomic mass is 10.1. The van der Waals surface area contributed by atoms with Gasteiger partial charge >= 0.3 is 0 Å². The Hall–Kier alpha value is -3.47. The molecule has 0 saturated heterocycles. The second-order valence-corrected chi connectivity index (χ2v) is 4.55. The van der Waals surface area contributed by atoms with E-state index in [9.17, 15) is 18.8 Å². The molecule has 0 fully saturated rings. The number of carbonyl (C=O) groups excluding carboxylic acids is 2. The second-order valence-electron chi connectivity index (χ2n) is 4.55. The number of aromatic nitrogens is 1. The van der Waals surface area contributed by atoms with Gasteiger partial charge in [0.15, 0.2) is 0 Å². The fourth-order valence-electron chi connectivity index (χ4n) is 2.28. The number of imide groups is 1. The molecule has 0 unspecified atom stereocenters. The molecule has 1 aliphatic heterocycles. The Morgan fingerprint density at radius 2 is 1.91 bits per heavy atom. The number of rotatable bonds is 1. The normalized spacial score (nSPS) is 12.7. The minimum Gasteiger partial charge on any atom is -0.384 e. The zero-order valence-electron chi connectivity index (χ0n) is 10.9. The first kappa shape index (κ1) is 13.5. The average molecular weight is 298 g/mol. The van der Waals surface area contributed by atoms with Gasteiger partial charge in [-0.2, -0.15) is 5.26 Å². The molecule has 1 aromatic heterocycles. The van der Waals surface area contributed by atoms with Gasteiger partial charge in [-0.1, -0.05) is 0 Å². The molecule has 0 saturated carbocycles. The summed E-state index contributed by atoms with van der Waals surface area (Å²) in [6, 6.07) is 6.01. The van der Waals surface area contributed by atoms with Crippen molar-refractivity contribution in [2.24, 2.45) is 0 Å². The van der Waals surface area contributed by atoms with Crippen molar-refractivity contribution in [1.29, 1.82) is 5.26 Å². The molecule has 0 radical (unpaired) electrons. The summed E-state index contributed by atoms with van der Waals surface area (Å²) >= 11 is 0. The van der Waals surface area contributed by atoms with Crippen molar-refractivity contribution < 1.29 is 14.0 Å². The lowest BCUT2D eigenvalue weighted by Gasteiger charge is -2.12. The highest BCUT2D eigenvalue weighted by Crippen LogP contribution is 2.23. The van der Waals surface area contributed by atoms with E-state index in [1.165, 1.54) is 6.07 Å². The summed E-state index contributed by atoms with van der Waals surface area (Å²) in [4.78, 5) is 35.4. The van der Waals surface area contributed by atoms with Crippen LogP contribution in [-0.4, -0.2) is 16.4 Å². The smallest absolute Gasteiger partial charge is 0.262 e. The van der Waals surface area contributed by atoms with Crippen molar-refractivity contribution in [2.75, 3.05) is 5.73 Å². The zero-order chi connectivity index (χ0) is 16.0. The van der Waals surface area contributed by atoms with Crippen LogP contribution in [-0.2, 0) is 0 Å². The summed E-state index contributed by atoms with van der Waals surface area (Å²) in [6.07, 6.45) is 0. The van der Waals surface area contributed by atoms with Gasteiger partial charge in [0.2, 0.25) is 0 Å². The maximum absolute atomic E-state index is 13.4. The Morgan fingerprint density at radius 1 is 1.18 bits per heavy atom. The van der Waals surface area contributed by atoms with Crippen LogP contribution in [0.2, 0.25) is 0 Å². The number of pyridine rings is 1. The second kappa shape index (κ2) is 4.53. The van der Waals surface area contributed by atoms with Crippen molar-refractivity contribution in [3.05, 3.63) is 57.1 Å². The molecule has 3 rings (SSSR count). The number of nitrogens with one attached hydrogen (secondary N) is 1. The summed E-state index contributed by atoms with van der Waals surface area (Å²) < 4.78 is 14.3. The summed E-state index contributed by atoms with van der Waals surface area (Å²) in [5.41, 5.74) is 4.78. The number of carbonyl (C=O) groups is 2. The van der Waals surface area contributed by atoms with E-state index in [0.29, 0.717) is 0 Å². The van der Waals surface area contributed by atoms with Crippen LogP contribution in [0.3, 0.4) is 0 Å². The third kappa shape index (κ3) is 1.76. The fourth-order valence-corrected chi connectivity index (χ4v) is 2.28. The molecule has 3 N–H and O–H groups in total. The summed E-state index contributed by atoms with van der Waals surface area (Å²) in [7, 11) is 0. The van der Waals surface area contributed by atoms with Crippen molar-refractivity contribution in [3.8, 4) is 11.8 Å². The van der Waals surface area contributed by atoms with Gasteiger partial charge in [-0.15, -0.1) is 0 Å². The van der Waals surface area contributed by atoms with Crippen molar-refractivity contribution >= 4 is 17.6 Å². The van der Waals surface area contributed by atoms with Gasteiger partial charge in [0, 0.05) is 6.07 Å². The van der Waals surface area contributed by atoms with E-state index in [4.69, 9.17) is 11.0 Å². The Bertz CT molecular complexity index is 956.